The standard InChI is InChI=1S/C13H27NO3/c1-10-6-14(7-11(2)17-10)8-12(15)9-16-13(3,4)5/h10-12,15H,6-9H2,1-5H3/t10-,11-,12-/m1/s1. The Morgan fingerprint density at radius 2 is 1.82 bits per heavy atom. The molecule has 4 heteroatoms. The van der Waals surface area contributed by atoms with E-state index in [1.54, 1.807) is 0 Å². The minimum absolute atomic E-state index is 0.188. The Morgan fingerprint density at radius 3 is 2.29 bits per heavy atom. The fraction of sp³-hybridized carbons (Fsp3) is 1.00. The number of nitrogens with zero attached hydrogens (tertiary/aromatic N) is 1. The maximum Gasteiger partial charge on any atom is 0.0900 e. The average Bonchev–Trinajstić information content (AvgIpc) is 2.11. The summed E-state index contributed by atoms with van der Waals surface area (Å²) in [5.74, 6) is 0. The van der Waals surface area contributed by atoms with Crippen LogP contribution in [0.5, 0.6) is 0 Å². The molecule has 1 aliphatic heterocycles. The minimum atomic E-state index is -0.424. The molecule has 0 aromatic heterocycles. The Hall–Kier alpha value is -0.160. The van der Waals surface area contributed by atoms with E-state index in [1.165, 1.54) is 0 Å². The minimum Gasteiger partial charge on any atom is -0.389 e. The van der Waals surface area contributed by atoms with Crippen molar-refractivity contribution in [2.45, 2.75) is 58.5 Å². The van der Waals surface area contributed by atoms with Crippen LogP contribution < -0.4 is 0 Å². The van der Waals surface area contributed by atoms with Crippen LogP contribution in [0.2, 0.25) is 0 Å². The molecule has 1 aliphatic rings. The molecule has 0 spiro atoms. The molecule has 1 N–H and O–H groups in total. The predicted octanol–water partition coefficient (Wildman–Crippen LogP) is 1.27. The Balaban J connectivity index is 2.28. The number of ether oxygens (including phenoxy) is 2. The molecule has 0 aromatic carbocycles. The van der Waals surface area contributed by atoms with Crippen molar-refractivity contribution in [2.24, 2.45) is 0 Å². The lowest BCUT2D eigenvalue weighted by molar-refractivity contribution is -0.0929. The topological polar surface area (TPSA) is 41.9 Å². The summed E-state index contributed by atoms with van der Waals surface area (Å²) in [4.78, 5) is 2.25. The Labute approximate surface area is 105 Å². The van der Waals surface area contributed by atoms with Gasteiger partial charge in [0.2, 0.25) is 0 Å². The third kappa shape index (κ3) is 6.36. The van der Waals surface area contributed by atoms with Crippen molar-refractivity contribution in [1.29, 1.82) is 0 Å². The van der Waals surface area contributed by atoms with Crippen molar-refractivity contribution in [3.63, 3.8) is 0 Å². The summed E-state index contributed by atoms with van der Waals surface area (Å²) < 4.78 is 11.2. The first-order valence-corrected chi connectivity index (χ1v) is 6.46. The van der Waals surface area contributed by atoms with Crippen LogP contribution in [0.25, 0.3) is 0 Å². The lowest BCUT2D eigenvalue weighted by Gasteiger charge is -2.36. The van der Waals surface area contributed by atoms with Gasteiger partial charge in [-0.1, -0.05) is 0 Å². The van der Waals surface area contributed by atoms with Gasteiger partial charge in [-0.2, -0.15) is 0 Å². The van der Waals surface area contributed by atoms with Crippen molar-refractivity contribution < 1.29 is 14.6 Å². The highest BCUT2D eigenvalue weighted by atomic mass is 16.5. The van der Waals surface area contributed by atoms with Crippen LogP contribution in [-0.4, -0.2) is 60.2 Å². The molecule has 0 amide bonds. The second-order valence-electron chi connectivity index (χ2n) is 6.05. The van der Waals surface area contributed by atoms with E-state index in [4.69, 9.17) is 9.47 Å². The summed E-state index contributed by atoms with van der Waals surface area (Å²) in [6, 6.07) is 0. The van der Waals surface area contributed by atoms with Crippen LogP contribution in [0.15, 0.2) is 0 Å². The van der Waals surface area contributed by atoms with Crippen LogP contribution >= 0.6 is 0 Å². The summed E-state index contributed by atoms with van der Waals surface area (Å²) in [6.07, 6.45) is 0.0655. The van der Waals surface area contributed by atoms with E-state index in [9.17, 15) is 5.11 Å². The molecule has 0 bridgehead atoms. The number of aliphatic hydroxyl groups is 1. The Morgan fingerprint density at radius 1 is 1.29 bits per heavy atom. The largest absolute Gasteiger partial charge is 0.389 e. The number of morpholine rings is 1. The van der Waals surface area contributed by atoms with E-state index in [-0.39, 0.29) is 17.8 Å². The molecular weight excluding hydrogens is 218 g/mol. The zero-order valence-corrected chi connectivity index (χ0v) is 11.8. The normalized spacial score (nSPS) is 29.3. The SMILES string of the molecule is C[C@@H]1CN(C[C@@H](O)COC(C)(C)C)C[C@@H](C)O1. The van der Waals surface area contributed by atoms with Gasteiger partial charge >= 0.3 is 0 Å². The number of rotatable bonds is 4. The van der Waals surface area contributed by atoms with Crippen LogP contribution in [0.3, 0.4) is 0 Å². The van der Waals surface area contributed by atoms with Gasteiger partial charge in [-0.25, -0.2) is 0 Å². The van der Waals surface area contributed by atoms with Crippen LogP contribution in [0, 0.1) is 0 Å². The maximum atomic E-state index is 9.93. The summed E-state index contributed by atoms with van der Waals surface area (Å²) in [6.45, 7) is 13.0. The smallest absolute Gasteiger partial charge is 0.0900 e. The summed E-state index contributed by atoms with van der Waals surface area (Å²) in [5, 5.41) is 9.93. The zero-order chi connectivity index (χ0) is 13.1. The van der Waals surface area contributed by atoms with Crippen LogP contribution in [0.1, 0.15) is 34.6 Å². The van der Waals surface area contributed by atoms with E-state index >= 15 is 0 Å². The van der Waals surface area contributed by atoms with Crippen LogP contribution in [-0.2, 0) is 9.47 Å². The first kappa shape index (κ1) is 14.9. The first-order chi connectivity index (χ1) is 7.76. The maximum absolute atomic E-state index is 9.93. The molecule has 17 heavy (non-hydrogen) atoms. The highest BCUT2D eigenvalue weighted by molar-refractivity contribution is 4.75. The van der Waals surface area contributed by atoms with Gasteiger partial charge in [0.25, 0.3) is 0 Å². The van der Waals surface area contributed by atoms with E-state index in [0.717, 1.165) is 13.1 Å². The van der Waals surface area contributed by atoms with E-state index in [0.29, 0.717) is 13.2 Å². The van der Waals surface area contributed by atoms with Gasteiger partial charge in [-0.15, -0.1) is 0 Å². The summed E-state index contributed by atoms with van der Waals surface area (Å²) in [7, 11) is 0. The fourth-order valence-corrected chi connectivity index (χ4v) is 2.13. The number of aliphatic hydroxyl groups excluding tert-OH is 1. The Bertz CT molecular complexity index is 217. The average molecular weight is 245 g/mol. The molecule has 0 aliphatic carbocycles. The third-order valence-electron chi connectivity index (χ3n) is 2.67. The van der Waals surface area contributed by atoms with Gasteiger partial charge in [0, 0.05) is 19.6 Å². The second-order valence-corrected chi connectivity index (χ2v) is 6.05. The molecule has 1 saturated heterocycles. The number of hydrogen-bond donors (Lipinski definition) is 1. The summed E-state index contributed by atoms with van der Waals surface area (Å²) >= 11 is 0. The monoisotopic (exact) mass is 245 g/mol. The number of hydrogen-bond acceptors (Lipinski definition) is 4. The van der Waals surface area contributed by atoms with Gasteiger partial charge in [0.1, 0.15) is 0 Å². The van der Waals surface area contributed by atoms with Crippen molar-refractivity contribution >= 4 is 0 Å². The fourth-order valence-electron chi connectivity index (χ4n) is 2.13. The van der Waals surface area contributed by atoms with Gasteiger partial charge < -0.3 is 14.6 Å². The quantitative estimate of drug-likeness (QED) is 0.810. The van der Waals surface area contributed by atoms with Gasteiger partial charge in [0.15, 0.2) is 0 Å². The molecule has 1 heterocycles. The molecule has 4 nitrogen and oxygen atoms in total. The highest BCUT2D eigenvalue weighted by Gasteiger charge is 2.24. The molecule has 3 atom stereocenters. The van der Waals surface area contributed by atoms with Gasteiger partial charge in [0.05, 0.1) is 30.5 Å². The molecule has 0 aromatic rings. The first-order valence-electron chi connectivity index (χ1n) is 6.46. The van der Waals surface area contributed by atoms with Crippen molar-refractivity contribution in [2.75, 3.05) is 26.2 Å². The van der Waals surface area contributed by atoms with Crippen molar-refractivity contribution in [3.8, 4) is 0 Å². The van der Waals surface area contributed by atoms with Crippen molar-refractivity contribution in [1.82, 2.24) is 4.90 Å². The number of β-amino-alcohol motifs (C(OH)–C–C–N with tert-alkyl or cyclic N) is 1. The molecule has 0 saturated carbocycles. The molecule has 102 valence electrons. The molecular formula is C13H27NO3. The highest BCUT2D eigenvalue weighted by Crippen LogP contribution is 2.12. The van der Waals surface area contributed by atoms with E-state index < -0.39 is 6.10 Å². The Kier molecular flexibility index (Phi) is 5.38. The van der Waals surface area contributed by atoms with E-state index in [1.807, 2.05) is 20.8 Å². The van der Waals surface area contributed by atoms with Crippen LogP contribution in [0.4, 0.5) is 0 Å². The molecule has 1 fully saturated rings. The summed E-state index contributed by atoms with van der Waals surface area (Å²) in [5.41, 5.74) is -0.188. The predicted molar refractivity (Wildman–Crippen MR) is 68.2 cm³/mol. The molecule has 0 radical (unpaired) electrons. The molecule has 0 unspecified atom stereocenters. The van der Waals surface area contributed by atoms with Crippen molar-refractivity contribution in [3.05, 3.63) is 0 Å². The zero-order valence-electron chi connectivity index (χ0n) is 11.8. The second kappa shape index (κ2) is 6.14. The van der Waals surface area contributed by atoms with Gasteiger partial charge in [-0.05, 0) is 34.6 Å². The lowest BCUT2D eigenvalue weighted by atomic mass is 10.2. The van der Waals surface area contributed by atoms with Gasteiger partial charge in [-0.3, -0.25) is 4.90 Å². The molecule has 1 rings (SSSR count). The van der Waals surface area contributed by atoms with E-state index in [2.05, 4.69) is 18.7 Å². The third-order valence-corrected chi connectivity index (χ3v) is 2.67. The lowest BCUT2D eigenvalue weighted by Crippen LogP contribution is -2.48.